The van der Waals surface area contributed by atoms with E-state index in [9.17, 15) is 31.1 Å². The second-order valence-corrected chi connectivity index (χ2v) is 11.9. The maximum absolute atomic E-state index is 14.0. The molecule has 50 heavy (non-hydrogen) atoms. The quantitative estimate of drug-likeness (QED) is 0.0605. The van der Waals surface area contributed by atoms with Crippen molar-refractivity contribution in [3.63, 3.8) is 0 Å². The van der Waals surface area contributed by atoms with E-state index in [1.165, 1.54) is 6.20 Å². The Hall–Kier alpha value is -5.72. The minimum Gasteiger partial charge on any atom is -0.367 e. The van der Waals surface area contributed by atoms with Gasteiger partial charge in [0.1, 0.15) is 16.9 Å². The van der Waals surface area contributed by atoms with Crippen LogP contribution in [0.1, 0.15) is 54.5 Å². The van der Waals surface area contributed by atoms with Crippen LogP contribution < -0.4 is 32.1 Å². The summed E-state index contributed by atoms with van der Waals surface area (Å²) in [4.78, 5) is 27.6. The number of fused-ring (bicyclic) bond motifs is 2. The van der Waals surface area contributed by atoms with E-state index < -0.39 is 35.3 Å². The Kier molecular flexibility index (Phi) is 8.28. The molecule has 260 valence electrons. The first-order valence-electron chi connectivity index (χ1n) is 15.4. The zero-order chi connectivity index (χ0) is 35.2. The molecule has 2 aromatic carbocycles. The molecule has 1 aliphatic heterocycles. The zero-order valence-corrected chi connectivity index (χ0v) is 26.0. The number of aromatic nitrogens is 6. The van der Waals surface area contributed by atoms with E-state index in [-0.39, 0.29) is 29.7 Å². The second kappa shape index (κ2) is 12.6. The number of H-pyrrole nitrogens is 1. The number of rotatable bonds is 10. The number of hydrazine groups is 1. The molecule has 1 aliphatic carbocycles. The van der Waals surface area contributed by atoms with Gasteiger partial charge in [0.2, 0.25) is 17.8 Å². The van der Waals surface area contributed by atoms with Gasteiger partial charge >= 0.3 is 12.4 Å². The number of anilines is 7. The number of nitrogens with zero attached hydrogens (tertiary/aromatic N) is 5. The van der Waals surface area contributed by atoms with Gasteiger partial charge in [-0.15, -0.1) is 0 Å². The number of amides is 1. The maximum atomic E-state index is 14.0. The third-order valence-corrected chi connectivity index (χ3v) is 8.09. The van der Waals surface area contributed by atoms with Crippen molar-refractivity contribution in [2.75, 3.05) is 26.7 Å². The Bertz CT molecular complexity index is 2080. The summed E-state index contributed by atoms with van der Waals surface area (Å²) in [5.74, 6) is -1.26. The number of aromatic amines is 1. The maximum Gasteiger partial charge on any atom is 0.421 e. The molecule has 1 fully saturated rings. The van der Waals surface area contributed by atoms with Crippen LogP contribution in [0.2, 0.25) is 0 Å². The van der Waals surface area contributed by atoms with Crippen LogP contribution in [0.15, 0.2) is 48.9 Å². The van der Waals surface area contributed by atoms with E-state index in [4.69, 9.17) is 0 Å². The van der Waals surface area contributed by atoms with E-state index in [1.54, 1.807) is 37.3 Å². The van der Waals surface area contributed by atoms with Gasteiger partial charge in [-0.3, -0.25) is 9.89 Å². The summed E-state index contributed by atoms with van der Waals surface area (Å²) in [7, 11) is 0. The van der Waals surface area contributed by atoms with Crippen molar-refractivity contribution in [1.82, 2.24) is 35.6 Å². The minimum atomic E-state index is -4.80. The fourth-order valence-electron chi connectivity index (χ4n) is 5.37. The fraction of sp³-hybridized carbons (Fsp3) is 0.290. The molecule has 5 aromatic rings. The highest BCUT2D eigenvalue weighted by Crippen LogP contribution is 2.38. The molecule has 1 saturated carbocycles. The van der Waals surface area contributed by atoms with Crippen molar-refractivity contribution in [2.45, 2.75) is 57.0 Å². The number of hydrogen-bond acceptors (Lipinski definition) is 11. The van der Waals surface area contributed by atoms with Gasteiger partial charge in [0.05, 0.1) is 17.8 Å². The van der Waals surface area contributed by atoms with Gasteiger partial charge in [0.25, 0.3) is 0 Å². The van der Waals surface area contributed by atoms with E-state index >= 15 is 0 Å². The Morgan fingerprint density at radius 3 is 2.28 bits per heavy atom. The molecule has 1 amide bonds. The third kappa shape index (κ3) is 7.16. The Labute approximate surface area is 279 Å². The smallest absolute Gasteiger partial charge is 0.367 e. The average molecular weight is 699 g/mol. The third-order valence-electron chi connectivity index (χ3n) is 8.09. The van der Waals surface area contributed by atoms with Crippen LogP contribution in [0.3, 0.4) is 0 Å². The lowest BCUT2D eigenvalue weighted by Gasteiger charge is -2.22. The van der Waals surface area contributed by atoms with E-state index in [0.717, 1.165) is 18.4 Å². The van der Waals surface area contributed by atoms with E-state index in [2.05, 4.69) is 62.3 Å². The second-order valence-electron chi connectivity index (χ2n) is 11.9. The summed E-state index contributed by atoms with van der Waals surface area (Å²) in [6, 6.07) is 7.59. The molecule has 0 radical (unpaired) electrons. The fourth-order valence-corrected chi connectivity index (χ4v) is 5.37. The van der Waals surface area contributed by atoms with E-state index in [1.807, 2.05) is 0 Å². The Balaban J connectivity index is 1.14. The van der Waals surface area contributed by atoms with Crippen molar-refractivity contribution in [3.05, 3.63) is 71.2 Å². The van der Waals surface area contributed by atoms with Crippen LogP contribution in [0.4, 0.5) is 66.9 Å². The molecule has 2 aliphatic rings. The van der Waals surface area contributed by atoms with Crippen molar-refractivity contribution in [1.29, 1.82) is 0 Å². The summed E-state index contributed by atoms with van der Waals surface area (Å²) < 4.78 is 83.0. The first-order valence-corrected chi connectivity index (χ1v) is 15.4. The standard InChI is InChI=1S/C31H28F6N12O/c1-14(47-49-27-21(31(35,36)37)13-38-28(46-27)42-18-5-6-22-15(8-18)2-7-25(50)43-22)19-10-23-16(11-40-48-23)9-24(19)44-29-39-12-20(30(32,33)34)26(45-29)41-17-3-4-17/h5-6,8-14,17,47H,2-4,7H2,1H3,(H,40,48)(H,43,50)(H2,38,42,46,49)(H2,39,41,44,45). The predicted octanol–water partition coefficient (Wildman–Crippen LogP) is 6.80. The van der Waals surface area contributed by atoms with E-state index in [0.29, 0.717) is 58.8 Å². The summed E-state index contributed by atoms with van der Waals surface area (Å²) in [5.41, 5.74) is 6.73. The first kappa shape index (κ1) is 32.8. The molecule has 0 spiro atoms. The molecular weight excluding hydrogens is 670 g/mol. The predicted molar refractivity (Wildman–Crippen MR) is 172 cm³/mol. The molecule has 1 atom stereocenters. The number of hydrogen-bond donors (Lipinski definition) is 7. The van der Waals surface area contributed by atoms with Crippen molar-refractivity contribution in [2.24, 2.45) is 0 Å². The molecule has 7 N–H and O–H groups in total. The van der Waals surface area contributed by atoms with Crippen molar-refractivity contribution in [3.8, 4) is 0 Å². The number of benzene rings is 2. The SMILES string of the molecule is CC(NNc1nc(Nc2ccc3c(c2)CCC(=O)N3)ncc1C(F)(F)F)c1cc2[nH]ncc2cc1Nc1ncc(C(F)(F)F)c(NC2CC2)n1. The summed E-state index contributed by atoms with van der Waals surface area (Å²) in [5, 5.41) is 18.9. The normalized spacial score (nSPS) is 15.3. The van der Waals surface area contributed by atoms with Gasteiger partial charge in [-0.05, 0) is 67.6 Å². The molecule has 3 aromatic heterocycles. The highest BCUT2D eigenvalue weighted by atomic mass is 19.4. The van der Waals surface area contributed by atoms with Crippen molar-refractivity contribution < 1.29 is 31.1 Å². The molecule has 0 bridgehead atoms. The van der Waals surface area contributed by atoms with Crippen LogP contribution in [-0.2, 0) is 23.6 Å². The summed E-state index contributed by atoms with van der Waals surface area (Å²) >= 11 is 0. The van der Waals surface area contributed by atoms with Gasteiger partial charge < -0.3 is 26.7 Å². The number of carbonyl (C=O) groups is 1. The molecular formula is C31H28F6N12O. The minimum absolute atomic E-state index is 0.0997. The lowest BCUT2D eigenvalue weighted by atomic mass is 10.0. The number of halogens is 6. The van der Waals surface area contributed by atoms with Gasteiger partial charge in [0, 0.05) is 47.3 Å². The van der Waals surface area contributed by atoms with Crippen LogP contribution >= 0.6 is 0 Å². The highest BCUT2D eigenvalue weighted by molar-refractivity contribution is 5.94. The first-order chi connectivity index (χ1) is 23.8. The van der Waals surface area contributed by atoms with Crippen LogP contribution in [0.5, 0.6) is 0 Å². The Morgan fingerprint density at radius 1 is 0.860 bits per heavy atom. The number of carbonyl (C=O) groups excluding carboxylic acids is 1. The molecule has 4 heterocycles. The highest BCUT2D eigenvalue weighted by Gasteiger charge is 2.37. The van der Waals surface area contributed by atoms with Crippen LogP contribution in [0, 0.1) is 0 Å². The molecule has 19 heteroatoms. The van der Waals surface area contributed by atoms with Crippen LogP contribution in [0.25, 0.3) is 10.9 Å². The number of nitrogens with one attached hydrogen (secondary N) is 7. The lowest BCUT2D eigenvalue weighted by molar-refractivity contribution is -0.138. The zero-order valence-electron chi connectivity index (χ0n) is 26.0. The largest absolute Gasteiger partial charge is 0.421 e. The molecule has 13 nitrogen and oxygen atoms in total. The van der Waals surface area contributed by atoms with Gasteiger partial charge in [-0.25, -0.2) is 15.4 Å². The average Bonchev–Trinajstić information content (AvgIpc) is 3.75. The van der Waals surface area contributed by atoms with Gasteiger partial charge in [-0.2, -0.15) is 41.4 Å². The molecule has 0 saturated heterocycles. The molecule has 1 unspecified atom stereocenters. The summed E-state index contributed by atoms with van der Waals surface area (Å²) in [6.07, 6.45) is -4.34. The number of alkyl halides is 6. The Morgan fingerprint density at radius 2 is 1.56 bits per heavy atom. The summed E-state index contributed by atoms with van der Waals surface area (Å²) in [6.45, 7) is 1.66. The van der Waals surface area contributed by atoms with Crippen LogP contribution in [-0.4, -0.2) is 42.1 Å². The topological polar surface area (TPSA) is 169 Å². The van der Waals surface area contributed by atoms with Gasteiger partial charge in [0.15, 0.2) is 5.82 Å². The van der Waals surface area contributed by atoms with Gasteiger partial charge in [-0.1, -0.05) is 0 Å². The van der Waals surface area contributed by atoms with Crippen molar-refractivity contribution >= 4 is 57.4 Å². The molecule has 7 rings (SSSR count). The monoisotopic (exact) mass is 698 g/mol. The number of aryl methyl sites for hydroxylation is 1. The lowest BCUT2D eigenvalue weighted by Crippen LogP contribution is -2.28.